The number of hydrogen-bond acceptors (Lipinski definition) is 3. The highest BCUT2D eigenvalue weighted by Crippen LogP contribution is 2.20. The Hall–Kier alpha value is -0.960. The van der Waals surface area contributed by atoms with Crippen molar-refractivity contribution in [1.29, 1.82) is 0 Å². The molecule has 0 aromatic carbocycles. The van der Waals surface area contributed by atoms with Gasteiger partial charge in [-0.25, -0.2) is 0 Å². The molecule has 0 saturated carbocycles. The Balaban J connectivity index is 2.02. The normalized spacial score (nSPS) is 28.0. The van der Waals surface area contributed by atoms with Crippen LogP contribution in [0.25, 0.3) is 0 Å². The molecule has 13 heavy (non-hydrogen) atoms. The van der Waals surface area contributed by atoms with Gasteiger partial charge >= 0.3 is 0 Å². The van der Waals surface area contributed by atoms with Crippen LogP contribution in [0, 0.1) is 0 Å². The number of hydrogen-bond donors (Lipinski definition) is 3. The van der Waals surface area contributed by atoms with Crippen molar-refractivity contribution in [3.8, 4) is 0 Å². The molecule has 3 heteroatoms. The highest BCUT2D eigenvalue weighted by Gasteiger charge is 2.25. The van der Waals surface area contributed by atoms with Crippen molar-refractivity contribution in [2.24, 2.45) is 5.73 Å². The Kier molecular flexibility index (Phi) is 2.27. The van der Waals surface area contributed by atoms with Gasteiger partial charge in [0.25, 0.3) is 0 Å². The third kappa shape index (κ3) is 1.56. The molecule has 0 aromatic heterocycles. The van der Waals surface area contributed by atoms with Gasteiger partial charge in [-0.3, -0.25) is 0 Å². The smallest absolute Gasteiger partial charge is 0.112 e. The number of allylic oxidation sites excluding steroid dienone is 3. The number of nitrogens with one attached hydrogen (secondary N) is 2. The van der Waals surface area contributed by atoms with E-state index in [1.165, 1.54) is 11.4 Å². The van der Waals surface area contributed by atoms with Crippen LogP contribution in [-0.4, -0.2) is 12.2 Å². The fourth-order valence-electron chi connectivity index (χ4n) is 1.79. The van der Waals surface area contributed by atoms with Crippen molar-refractivity contribution in [1.82, 2.24) is 10.6 Å². The molecule has 1 heterocycles. The summed E-state index contributed by atoms with van der Waals surface area (Å²) < 4.78 is 0. The summed E-state index contributed by atoms with van der Waals surface area (Å²) >= 11 is 0. The SMILES string of the molecule is CCC(N)C1NC2=C(CCC=C2)N1. The number of rotatable bonds is 2. The van der Waals surface area contributed by atoms with Gasteiger partial charge in [-0.1, -0.05) is 13.0 Å². The molecule has 2 atom stereocenters. The largest absolute Gasteiger partial charge is 0.366 e. The molecule has 0 spiro atoms. The minimum Gasteiger partial charge on any atom is -0.366 e. The molecule has 2 aliphatic rings. The van der Waals surface area contributed by atoms with Crippen molar-refractivity contribution >= 4 is 0 Å². The van der Waals surface area contributed by atoms with E-state index >= 15 is 0 Å². The second kappa shape index (κ2) is 3.42. The van der Waals surface area contributed by atoms with E-state index in [0.717, 1.165) is 19.3 Å². The minimum atomic E-state index is 0.194. The average Bonchev–Trinajstić information content (AvgIpc) is 2.59. The van der Waals surface area contributed by atoms with Gasteiger partial charge in [0.15, 0.2) is 0 Å². The van der Waals surface area contributed by atoms with Gasteiger partial charge in [-0.05, 0) is 25.3 Å². The fourth-order valence-corrected chi connectivity index (χ4v) is 1.79. The minimum absolute atomic E-state index is 0.194. The molecule has 2 rings (SSSR count). The highest BCUT2D eigenvalue weighted by atomic mass is 15.2. The molecule has 0 bridgehead atoms. The lowest BCUT2D eigenvalue weighted by Gasteiger charge is -2.20. The van der Waals surface area contributed by atoms with Crippen LogP contribution in [0.4, 0.5) is 0 Å². The lowest BCUT2D eigenvalue weighted by atomic mass is 10.1. The quantitative estimate of drug-likeness (QED) is 0.588. The van der Waals surface area contributed by atoms with Crippen LogP contribution >= 0.6 is 0 Å². The fraction of sp³-hybridized carbons (Fsp3) is 0.600. The van der Waals surface area contributed by atoms with E-state index in [2.05, 4.69) is 29.7 Å². The summed E-state index contributed by atoms with van der Waals surface area (Å²) in [5.41, 5.74) is 8.52. The van der Waals surface area contributed by atoms with E-state index in [4.69, 9.17) is 5.73 Å². The lowest BCUT2D eigenvalue weighted by Crippen LogP contribution is -2.48. The van der Waals surface area contributed by atoms with Gasteiger partial charge < -0.3 is 16.4 Å². The number of nitrogens with two attached hydrogens (primary N) is 1. The molecule has 3 nitrogen and oxygen atoms in total. The maximum atomic E-state index is 5.96. The monoisotopic (exact) mass is 179 g/mol. The van der Waals surface area contributed by atoms with Crippen LogP contribution in [0.5, 0.6) is 0 Å². The third-order valence-electron chi connectivity index (χ3n) is 2.71. The van der Waals surface area contributed by atoms with Crippen LogP contribution in [0.2, 0.25) is 0 Å². The van der Waals surface area contributed by atoms with Gasteiger partial charge in [0, 0.05) is 11.7 Å². The molecule has 1 aliphatic heterocycles. The van der Waals surface area contributed by atoms with Gasteiger partial charge in [0.05, 0.1) is 5.70 Å². The standard InChI is InChI=1S/C10H17N3/c1-2-7(11)10-12-8-5-3-4-6-9(8)13-10/h3,5,7,10,12-13H,2,4,6,11H2,1H3. The maximum Gasteiger partial charge on any atom is 0.112 e. The predicted molar refractivity (Wildman–Crippen MR) is 53.7 cm³/mol. The highest BCUT2D eigenvalue weighted by molar-refractivity contribution is 5.31. The molecule has 0 saturated heterocycles. The molecule has 4 N–H and O–H groups in total. The first-order valence-corrected chi connectivity index (χ1v) is 4.99. The van der Waals surface area contributed by atoms with E-state index in [0.29, 0.717) is 0 Å². The molecule has 0 radical (unpaired) electrons. The Bertz CT molecular complexity index is 255. The van der Waals surface area contributed by atoms with Gasteiger partial charge in [0.1, 0.15) is 6.17 Å². The van der Waals surface area contributed by atoms with Crippen molar-refractivity contribution in [3.05, 3.63) is 23.5 Å². The first kappa shape index (κ1) is 8.63. The molecular formula is C10H17N3. The van der Waals surface area contributed by atoms with Crippen LogP contribution < -0.4 is 16.4 Å². The summed E-state index contributed by atoms with van der Waals surface area (Å²) in [5, 5.41) is 6.84. The molecular weight excluding hydrogens is 162 g/mol. The summed E-state index contributed by atoms with van der Waals surface area (Å²) in [7, 11) is 0. The topological polar surface area (TPSA) is 50.1 Å². The van der Waals surface area contributed by atoms with Crippen LogP contribution in [0.15, 0.2) is 23.5 Å². The summed E-state index contributed by atoms with van der Waals surface area (Å²) in [6, 6.07) is 0.194. The summed E-state index contributed by atoms with van der Waals surface area (Å²) in [6.07, 6.45) is 7.84. The second-order valence-electron chi connectivity index (χ2n) is 3.67. The Morgan fingerprint density at radius 1 is 1.62 bits per heavy atom. The van der Waals surface area contributed by atoms with E-state index in [9.17, 15) is 0 Å². The Labute approximate surface area is 79.1 Å². The third-order valence-corrected chi connectivity index (χ3v) is 2.71. The van der Waals surface area contributed by atoms with E-state index in [1.54, 1.807) is 0 Å². The molecule has 0 fully saturated rings. The molecule has 0 aromatic rings. The van der Waals surface area contributed by atoms with Crippen LogP contribution in [0.3, 0.4) is 0 Å². The first-order chi connectivity index (χ1) is 6.31. The van der Waals surface area contributed by atoms with Gasteiger partial charge in [-0.2, -0.15) is 0 Å². The summed E-state index contributed by atoms with van der Waals surface area (Å²) in [5.74, 6) is 0. The lowest BCUT2D eigenvalue weighted by molar-refractivity contribution is 0.438. The average molecular weight is 179 g/mol. The molecule has 1 aliphatic carbocycles. The van der Waals surface area contributed by atoms with Crippen molar-refractivity contribution in [3.63, 3.8) is 0 Å². The zero-order chi connectivity index (χ0) is 9.26. The summed E-state index contributed by atoms with van der Waals surface area (Å²) in [4.78, 5) is 0. The van der Waals surface area contributed by atoms with Crippen molar-refractivity contribution in [2.45, 2.75) is 38.4 Å². The van der Waals surface area contributed by atoms with Crippen LogP contribution in [0.1, 0.15) is 26.2 Å². The first-order valence-electron chi connectivity index (χ1n) is 4.99. The Morgan fingerprint density at radius 3 is 3.15 bits per heavy atom. The molecule has 2 unspecified atom stereocenters. The Morgan fingerprint density at radius 2 is 2.46 bits per heavy atom. The van der Waals surface area contributed by atoms with E-state index in [-0.39, 0.29) is 12.2 Å². The van der Waals surface area contributed by atoms with Crippen molar-refractivity contribution < 1.29 is 0 Å². The maximum absolute atomic E-state index is 5.96. The predicted octanol–water partition coefficient (Wildman–Crippen LogP) is 0.804. The zero-order valence-corrected chi connectivity index (χ0v) is 8.01. The molecule has 72 valence electrons. The van der Waals surface area contributed by atoms with Gasteiger partial charge in [0.2, 0.25) is 0 Å². The van der Waals surface area contributed by atoms with Crippen molar-refractivity contribution in [2.75, 3.05) is 0 Å². The van der Waals surface area contributed by atoms with Crippen LogP contribution in [-0.2, 0) is 0 Å². The zero-order valence-electron chi connectivity index (χ0n) is 8.01. The molecule has 0 amide bonds. The second-order valence-corrected chi connectivity index (χ2v) is 3.67. The summed E-state index contributed by atoms with van der Waals surface area (Å²) in [6.45, 7) is 2.11. The van der Waals surface area contributed by atoms with E-state index < -0.39 is 0 Å². The van der Waals surface area contributed by atoms with Gasteiger partial charge in [-0.15, -0.1) is 0 Å². The van der Waals surface area contributed by atoms with E-state index in [1.807, 2.05) is 0 Å².